The minimum Gasteiger partial charge on any atom is -0.467 e. The van der Waals surface area contributed by atoms with Crippen molar-refractivity contribution in [2.24, 2.45) is 0 Å². The van der Waals surface area contributed by atoms with Gasteiger partial charge < -0.3 is 14.0 Å². The largest absolute Gasteiger partial charge is 0.467 e. The van der Waals surface area contributed by atoms with Crippen molar-refractivity contribution >= 4 is 23.4 Å². The van der Waals surface area contributed by atoms with Gasteiger partial charge in [-0.3, -0.25) is 0 Å². The van der Waals surface area contributed by atoms with Crippen molar-refractivity contribution in [3.05, 3.63) is 64.8 Å². The Balaban J connectivity index is 1.44. The summed E-state index contributed by atoms with van der Waals surface area (Å²) >= 11 is 8.04. The minimum atomic E-state index is 0.293. The maximum absolute atomic E-state index is 6.30. The third kappa shape index (κ3) is 3.47. The van der Waals surface area contributed by atoms with Gasteiger partial charge in [0.2, 0.25) is 0 Å². The first-order chi connectivity index (χ1) is 13.3. The Morgan fingerprint density at radius 2 is 2.04 bits per heavy atom. The normalized spacial score (nSPS) is 16.0. The molecule has 1 fully saturated rings. The third-order valence-corrected chi connectivity index (χ3v) is 6.09. The van der Waals surface area contributed by atoms with Gasteiger partial charge in [-0.05, 0) is 30.5 Å². The minimum absolute atomic E-state index is 0.293. The molecule has 3 aromatic rings. The highest BCUT2D eigenvalue weighted by molar-refractivity contribution is 7.98. The fourth-order valence-corrected chi connectivity index (χ4v) is 4.74. The van der Waals surface area contributed by atoms with Crippen LogP contribution in [0, 0.1) is 0 Å². The molecule has 2 aromatic carbocycles. The van der Waals surface area contributed by atoms with Crippen LogP contribution in [-0.2, 0) is 17.1 Å². The zero-order chi connectivity index (χ0) is 18.2. The van der Waals surface area contributed by atoms with E-state index in [1.54, 1.807) is 11.8 Å². The number of halogens is 1. The maximum Gasteiger partial charge on any atom is 0.189 e. The molecule has 5 rings (SSSR count). The van der Waals surface area contributed by atoms with Crippen LogP contribution in [0.3, 0.4) is 0 Å². The van der Waals surface area contributed by atoms with Crippen LogP contribution in [0.15, 0.2) is 53.8 Å². The molecule has 2 heterocycles. The summed E-state index contributed by atoms with van der Waals surface area (Å²) in [5, 5.41) is 1.77. The smallest absolute Gasteiger partial charge is 0.189 e. The number of thioether (sulfide) groups is 1. The second-order valence-electron chi connectivity index (χ2n) is 6.85. The predicted molar refractivity (Wildman–Crippen MR) is 107 cm³/mol. The SMILES string of the molecule is Clc1cc2c(c(CSc3ncc(-c4ccccc4)n3C3CC3)c1)OCOC2. The molecule has 27 heavy (non-hydrogen) atoms. The number of aromatic nitrogens is 2. The summed E-state index contributed by atoms with van der Waals surface area (Å²) in [5.74, 6) is 1.67. The number of hydrogen-bond donors (Lipinski definition) is 0. The highest BCUT2D eigenvalue weighted by atomic mass is 35.5. The molecule has 0 amide bonds. The van der Waals surface area contributed by atoms with E-state index in [-0.39, 0.29) is 0 Å². The second-order valence-corrected chi connectivity index (χ2v) is 8.22. The molecule has 1 saturated carbocycles. The molecule has 0 N–H and O–H groups in total. The third-order valence-electron chi connectivity index (χ3n) is 4.85. The molecule has 0 bridgehead atoms. The van der Waals surface area contributed by atoms with E-state index in [0.29, 0.717) is 24.5 Å². The quantitative estimate of drug-likeness (QED) is 0.517. The Labute approximate surface area is 167 Å². The van der Waals surface area contributed by atoms with E-state index in [0.717, 1.165) is 27.8 Å². The molecule has 1 aliphatic heterocycles. The van der Waals surface area contributed by atoms with E-state index in [1.165, 1.54) is 24.1 Å². The van der Waals surface area contributed by atoms with Gasteiger partial charge in [0.1, 0.15) is 5.75 Å². The number of imidazole rings is 1. The van der Waals surface area contributed by atoms with Crippen molar-refractivity contribution in [3.8, 4) is 17.0 Å². The van der Waals surface area contributed by atoms with Gasteiger partial charge in [0.15, 0.2) is 11.9 Å². The van der Waals surface area contributed by atoms with Crippen molar-refractivity contribution in [3.63, 3.8) is 0 Å². The first-order valence-corrected chi connectivity index (χ1v) is 10.4. The average molecular weight is 399 g/mol. The van der Waals surface area contributed by atoms with Gasteiger partial charge in [-0.15, -0.1) is 0 Å². The molecule has 4 nitrogen and oxygen atoms in total. The highest BCUT2D eigenvalue weighted by Gasteiger charge is 2.29. The van der Waals surface area contributed by atoms with Gasteiger partial charge in [-0.1, -0.05) is 53.7 Å². The summed E-state index contributed by atoms with van der Waals surface area (Å²) in [6, 6.07) is 14.9. The molecule has 6 heteroatoms. The lowest BCUT2D eigenvalue weighted by Gasteiger charge is -2.21. The summed E-state index contributed by atoms with van der Waals surface area (Å²) in [6.45, 7) is 0.837. The monoisotopic (exact) mass is 398 g/mol. The molecule has 0 unspecified atom stereocenters. The molecule has 0 spiro atoms. The molecular weight excluding hydrogens is 380 g/mol. The Morgan fingerprint density at radius 3 is 2.85 bits per heavy atom. The van der Waals surface area contributed by atoms with Crippen molar-refractivity contribution in [1.29, 1.82) is 0 Å². The van der Waals surface area contributed by atoms with Crippen molar-refractivity contribution in [1.82, 2.24) is 9.55 Å². The van der Waals surface area contributed by atoms with E-state index >= 15 is 0 Å². The van der Waals surface area contributed by atoms with Gasteiger partial charge in [0.25, 0.3) is 0 Å². The van der Waals surface area contributed by atoms with Crippen LogP contribution in [0.5, 0.6) is 5.75 Å². The van der Waals surface area contributed by atoms with E-state index in [1.807, 2.05) is 24.4 Å². The first kappa shape index (κ1) is 17.2. The Hall–Kier alpha value is -1.95. The maximum atomic E-state index is 6.30. The summed E-state index contributed by atoms with van der Waals surface area (Å²) < 4.78 is 13.5. The molecule has 138 valence electrons. The first-order valence-electron chi connectivity index (χ1n) is 9.07. The molecule has 1 aliphatic carbocycles. The molecule has 1 aromatic heterocycles. The number of hydrogen-bond acceptors (Lipinski definition) is 4. The van der Waals surface area contributed by atoms with Gasteiger partial charge in [-0.25, -0.2) is 4.98 Å². The van der Waals surface area contributed by atoms with Gasteiger partial charge in [0.05, 0.1) is 18.5 Å². The second kappa shape index (κ2) is 7.23. The highest BCUT2D eigenvalue weighted by Crippen LogP contribution is 2.43. The number of nitrogens with zero attached hydrogens (tertiary/aromatic N) is 2. The number of ether oxygens (including phenoxy) is 2. The number of benzene rings is 2. The predicted octanol–water partition coefficient (Wildman–Crippen LogP) is 5.70. The lowest BCUT2D eigenvalue weighted by molar-refractivity contribution is -0.0168. The molecule has 0 radical (unpaired) electrons. The number of rotatable bonds is 5. The van der Waals surface area contributed by atoms with Crippen molar-refractivity contribution in [2.75, 3.05) is 6.79 Å². The lowest BCUT2D eigenvalue weighted by atomic mass is 10.1. The van der Waals surface area contributed by atoms with Gasteiger partial charge in [0, 0.05) is 27.9 Å². The molecule has 0 saturated heterocycles. The van der Waals surface area contributed by atoms with E-state index in [4.69, 9.17) is 26.1 Å². The lowest BCUT2D eigenvalue weighted by Crippen LogP contribution is -2.13. The molecular formula is C21H19ClN2O2S. The zero-order valence-corrected chi connectivity index (χ0v) is 16.3. The van der Waals surface area contributed by atoms with Crippen LogP contribution in [0.25, 0.3) is 11.3 Å². The Bertz CT molecular complexity index is 970. The van der Waals surface area contributed by atoms with Crippen LogP contribution in [0.1, 0.15) is 30.0 Å². The van der Waals surface area contributed by atoms with Crippen LogP contribution in [-0.4, -0.2) is 16.3 Å². The zero-order valence-electron chi connectivity index (χ0n) is 14.7. The van der Waals surface area contributed by atoms with Gasteiger partial charge in [-0.2, -0.15) is 0 Å². The standard InChI is InChI=1S/C21H19ClN2O2S/c22-17-8-15-11-25-13-26-20(15)16(9-17)12-27-21-23-10-19(24(21)18-6-7-18)14-4-2-1-3-5-14/h1-5,8-10,18H,6-7,11-13H2. The van der Waals surface area contributed by atoms with Crippen LogP contribution in [0.4, 0.5) is 0 Å². The van der Waals surface area contributed by atoms with E-state index in [9.17, 15) is 0 Å². The number of fused-ring (bicyclic) bond motifs is 1. The summed E-state index contributed by atoms with van der Waals surface area (Å²) in [6.07, 6.45) is 4.43. The van der Waals surface area contributed by atoms with Crippen LogP contribution >= 0.6 is 23.4 Å². The fourth-order valence-electron chi connectivity index (χ4n) is 3.46. The Kier molecular flexibility index (Phi) is 4.60. The van der Waals surface area contributed by atoms with Crippen molar-refractivity contribution < 1.29 is 9.47 Å². The van der Waals surface area contributed by atoms with E-state index in [2.05, 4.69) is 28.8 Å². The van der Waals surface area contributed by atoms with Gasteiger partial charge >= 0.3 is 0 Å². The van der Waals surface area contributed by atoms with E-state index < -0.39 is 0 Å². The summed E-state index contributed by atoms with van der Waals surface area (Å²) in [4.78, 5) is 4.73. The summed E-state index contributed by atoms with van der Waals surface area (Å²) in [5.41, 5.74) is 4.51. The van der Waals surface area contributed by atoms with Crippen molar-refractivity contribution in [2.45, 2.75) is 36.4 Å². The topological polar surface area (TPSA) is 36.3 Å². The fraction of sp³-hybridized carbons (Fsp3) is 0.286. The van der Waals surface area contributed by atoms with Crippen LogP contribution < -0.4 is 4.74 Å². The summed E-state index contributed by atoms with van der Waals surface area (Å²) in [7, 11) is 0. The molecule has 0 atom stereocenters. The Morgan fingerprint density at radius 1 is 1.19 bits per heavy atom. The molecule has 2 aliphatic rings. The van der Waals surface area contributed by atoms with Crippen LogP contribution in [0.2, 0.25) is 5.02 Å². The average Bonchev–Trinajstić information content (AvgIpc) is 3.45.